The summed E-state index contributed by atoms with van der Waals surface area (Å²) in [5.74, 6) is -1.26. The second-order valence-corrected chi connectivity index (χ2v) is 7.45. The van der Waals surface area contributed by atoms with Crippen LogP contribution in [0.2, 0.25) is 0 Å². The lowest BCUT2D eigenvalue weighted by atomic mass is 10.3. The van der Waals surface area contributed by atoms with Gasteiger partial charge in [0, 0.05) is 13.1 Å². The fraction of sp³-hybridized carbons (Fsp3) is 0.273. The molecular formula is C11H10F3N5O4S2. The summed E-state index contributed by atoms with van der Waals surface area (Å²) < 4.78 is 64.3. The first-order valence-electron chi connectivity index (χ1n) is 6.34. The van der Waals surface area contributed by atoms with Crippen molar-refractivity contribution in [2.45, 2.75) is 21.1 Å². The molecule has 0 saturated carbocycles. The molecule has 0 spiro atoms. The lowest BCUT2D eigenvalue weighted by Crippen LogP contribution is -2.18. The van der Waals surface area contributed by atoms with E-state index < -0.39 is 32.6 Å². The van der Waals surface area contributed by atoms with Gasteiger partial charge in [-0.1, -0.05) is 0 Å². The smallest absolute Gasteiger partial charge is 0.301 e. The van der Waals surface area contributed by atoms with E-state index in [1.807, 2.05) is 4.72 Å². The van der Waals surface area contributed by atoms with Crippen LogP contribution in [-0.4, -0.2) is 35.2 Å². The van der Waals surface area contributed by atoms with Crippen molar-refractivity contribution in [3.63, 3.8) is 0 Å². The Balaban J connectivity index is 2.47. The SMILES string of the molecule is CNS(=O)(=O)c1ccc(Sc2nnc(C(F)(F)F)n2C)c([N+](=O)[O-])c1. The van der Waals surface area contributed by atoms with Crippen LogP contribution in [0.4, 0.5) is 18.9 Å². The Hall–Kier alpha value is -2.19. The minimum absolute atomic E-state index is 0.0794. The van der Waals surface area contributed by atoms with Gasteiger partial charge in [-0.2, -0.15) is 13.2 Å². The van der Waals surface area contributed by atoms with Gasteiger partial charge in [-0.3, -0.25) is 10.1 Å². The fourth-order valence-corrected chi connectivity index (χ4v) is 3.39. The van der Waals surface area contributed by atoms with Crippen LogP contribution in [0.1, 0.15) is 5.82 Å². The number of nitro groups is 1. The molecule has 0 aliphatic rings. The van der Waals surface area contributed by atoms with E-state index in [9.17, 15) is 31.7 Å². The summed E-state index contributed by atoms with van der Waals surface area (Å²) in [4.78, 5) is 9.92. The number of hydrogen-bond donors (Lipinski definition) is 1. The lowest BCUT2D eigenvalue weighted by molar-refractivity contribution is -0.388. The number of sulfonamides is 1. The number of hydrogen-bond acceptors (Lipinski definition) is 7. The fourth-order valence-electron chi connectivity index (χ4n) is 1.76. The highest BCUT2D eigenvalue weighted by atomic mass is 32.2. The summed E-state index contributed by atoms with van der Waals surface area (Å²) in [6.45, 7) is 0. The standard InChI is InChI=1S/C11H10F3N5O4S2/c1-15-25(22,23)6-3-4-8(7(5-6)19(20)21)24-10-17-16-9(18(10)2)11(12,13)14/h3-5,15H,1-2H3. The predicted octanol–water partition coefficient (Wildman–Crippen LogP) is 1.80. The summed E-state index contributed by atoms with van der Waals surface area (Å²) in [7, 11) is -1.71. The van der Waals surface area contributed by atoms with Crippen molar-refractivity contribution in [1.82, 2.24) is 19.5 Å². The Morgan fingerprint density at radius 3 is 2.44 bits per heavy atom. The van der Waals surface area contributed by atoms with Gasteiger partial charge < -0.3 is 4.57 Å². The third-order valence-corrected chi connectivity index (χ3v) is 5.51. The Morgan fingerprint density at radius 1 is 1.32 bits per heavy atom. The third kappa shape index (κ3) is 3.91. The van der Waals surface area contributed by atoms with Crippen LogP contribution in [0.15, 0.2) is 33.1 Å². The molecule has 0 aliphatic carbocycles. The first-order valence-corrected chi connectivity index (χ1v) is 8.63. The van der Waals surface area contributed by atoms with E-state index in [1.165, 1.54) is 0 Å². The molecule has 136 valence electrons. The van der Waals surface area contributed by atoms with E-state index in [1.54, 1.807) is 0 Å². The first kappa shape index (κ1) is 19.1. The van der Waals surface area contributed by atoms with Gasteiger partial charge >= 0.3 is 6.18 Å². The number of nitrogens with zero attached hydrogens (tertiary/aromatic N) is 4. The average Bonchev–Trinajstić information content (AvgIpc) is 2.88. The summed E-state index contributed by atoms with van der Waals surface area (Å²) in [5.41, 5.74) is -0.585. The number of nitro benzene ring substituents is 1. The van der Waals surface area contributed by atoms with E-state index >= 15 is 0 Å². The third-order valence-electron chi connectivity index (χ3n) is 3.00. The minimum Gasteiger partial charge on any atom is -0.301 e. The van der Waals surface area contributed by atoms with E-state index in [0.717, 1.165) is 32.3 Å². The van der Waals surface area contributed by atoms with Gasteiger partial charge in [0.25, 0.3) is 5.69 Å². The van der Waals surface area contributed by atoms with Crippen molar-refractivity contribution in [3.8, 4) is 0 Å². The van der Waals surface area contributed by atoms with Crippen LogP contribution in [0.3, 0.4) is 0 Å². The predicted molar refractivity (Wildman–Crippen MR) is 79.5 cm³/mol. The lowest BCUT2D eigenvalue weighted by Gasteiger charge is -2.07. The van der Waals surface area contributed by atoms with Crippen LogP contribution in [-0.2, 0) is 23.2 Å². The Bertz CT molecular complexity index is 926. The van der Waals surface area contributed by atoms with Gasteiger partial charge in [0.2, 0.25) is 15.8 Å². The molecule has 9 nitrogen and oxygen atoms in total. The van der Waals surface area contributed by atoms with Crippen LogP contribution >= 0.6 is 11.8 Å². The van der Waals surface area contributed by atoms with Gasteiger partial charge in [-0.05, 0) is 30.9 Å². The maximum Gasteiger partial charge on any atom is 0.451 e. The molecule has 2 rings (SSSR count). The molecule has 0 amide bonds. The molecule has 1 aromatic heterocycles. The van der Waals surface area contributed by atoms with Crippen molar-refractivity contribution in [1.29, 1.82) is 0 Å². The van der Waals surface area contributed by atoms with E-state index in [0.29, 0.717) is 16.3 Å². The first-order chi connectivity index (χ1) is 11.5. The highest BCUT2D eigenvalue weighted by molar-refractivity contribution is 7.99. The zero-order valence-electron chi connectivity index (χ0n) is 12.6. The second kappa shape index (κ2) is 6.61. The molecule has 1 heterocycles. The van der Waals surface area contributed by atoms with Crippen LogP contribution in [0, 0.1) is 10.1 Å². The number of nitrogens with one attached hydrogen (secondary N) is 1. The summed E-state index contributed by atoms with van der Waals surface area (Å²) >= 11 is 0.565. The number of halogens is 3. The quantitative estimate of drug-likeness (QED) is 0.603. The van der Waals surface area contributed by atoms with E-state index in [4.69, 9.17) is 0 Å². The molecule has 0 atom stereocenters. The maximum atomic E-state index is 12.7. The van der Waals surface area contributed by atoms with Crippen LogP contribution in [0.25, 0.3) is 0 Å². The highest BCUT2D eigenvalue weighted by Gasteiger charge is 2.37. The van der Waals surface area contributed by atoms with Crippen molar-refractivity contribution in [2.24, 2.45) is 7.05 Å². The van der Waals surface area contributed by atoms with Crippen LogP contribution < -0.4 is 4.72 Å². The minimum atomic E-state index is -4.72. The maximum absolute atomic E-state index is 12.7. The molecule has 0 unspecified atom stereocenters. The van der Waals surface area contributed by atoms with Crippen molar-refractivity contribution < 1.29 is 26.5 Å². The van der Waals surface area contributed by atoms with Gasteiger partial charge in [-0.25, -0.2) is 13.1 Å². The number of alkyl halides is 3. The molecule has 0 saturated heterocycles. The topological polar surface area (TPSA) is 120 Å². The molecule has 2 aromatic rings. The van der Waals surface area contributed by atoms with Gasteiger partial charge in [0.05, 0.1) is 14.7 Å². The Kier molecular flexibility index (Phi) is 5.06. The van der Waals surface area contributed by atoms with Crippen LogP contribution in [0.5, 0.6) is 0 Å². The highest BCUT2D eigenvalue weighted by Crippen LogP contribution is 2.37. The molecule has 0 radical (unpaired) electrons. The number of rotatable bonds is 5. The largest absolute Gasteiger partial charge is 0.451 e. The van der Waals surface area contributed by atoms with E-state index in [2.05, 4.69) is 10.2 Å². The molecule has 1 N–H and O–H groups in total. The van der Waals surface area contributed by atoms with Gasteiger partial charge in [0.1, 0.15) is 0 Å². The molecule has 0 bridgehead atoms. The van der Waals surface area contributed by atoms with Crippen molar-refractivity contribution in [3.05, 3.63) is 34.1 Å². The summed E-state index contributed by atoms with van der Waals surface area (Å²) in [6.07, 6.45) is -4.72. The molecule has 14 heteroatoms. The normalized spacial score (nSPS) is 12.4. The molecule has 1 aromatic carbocycles. The summed E-state index contributed by atoms with van der Waals surface area (Å²) in [6, 6.07) is 3.03. The number of aromatic nitrogens is 3. The zero-order valence-corrected chi connectivity index (χ0v) is 14.2. The van der Waals surface area contributed by atoms with Gasteiger partial charge in [0.15, 0.2) is 5.16 Å². The summed E-state index contributed by atoms with van der Waals surface area (Å²) in [5, 5.41) is 17.3. The molecule has 25 heavy (non-hydrogen) atoms. The molecule has 0 fully saturated rings. The van der Waals surface area contributed by atoms with E-state index in [-0.39, 0.29) is 14.9 Å². The Labute approximate surface area is 143 Å². The second-order valence-electron chi connectivity index (χ2n) is 4.56. The monoisotopic (exact) mass is 397 g/mol. The van der Waals surface area contributed by atoms with Gasteiger partial charge in [-0.15, -0.1) is 10.2 Å². The average molecular weight is 397 g/mol. The zero-order chi connectivity index (χ0) is 19.0. The molecular weight excluding hydrogens is 387 g/mol. The molecule has 0 aliphatic heterocycles. The number of benzene rings is 1. The van der Waals surface area contributed by atoms with Crippen molar-refractivity contribution >= 4 is 27.5 Å². The Morgan fingerprint density at radius 2 is 1.96 bits per heavy atom. The van der Waals surface area contributed by atoms with Crippen molar-refractivity contribution in [2.75, 3.05) is 7.05 Å².